The van der Waals surface area contributed by atoms with Crippen molar-refractivity contribution in [3.8, 4) is 0 Å². The maximum Gasteiger partial charge on any atom is 0.253 e. The number of carbonyl (C=O) groups is 3. The number of amides is 3. The van der Waals surface area contributed by atoms with Crippen molar-refractivity contribution >= 4 is 55.7 Å². The average molecular weight is 382 g/mol. The number of benzene rings is 4. The quantitative estimate of drug-likeness (QED) is 0.415. The van der Waals surface area contributed by atoms with Crippen LogP contribution in [0.15, 0.2) is 66.7 Å². The van der Waals surface area contributed by atoms with E-state index >= 15 is 0 Å². The van der Waals surface area contributed by atoms with Gasteiger partial charge in [0.1, 0.15) is 0 Å². The van der Waals surface area contributed by atoms with Gasteiger partial charge in [-0.05, 0) is 39.4 Å². The van der Waals surface area contributed by atoms with E-state index in [1.54, 1.807) is 0 Å². The summed E-state index contributed by atoms with van der Waals surface area (Å²) in [4.78, 5) is 36.8. The first-order valence-corrected chi connectivity index (χ1v) is 9.62. The van der Waals surface area contributed by atoms with E-state index in [0.29, 0.717) is 6.42 Å². The van der Waals surface area contributed by atoms with Crippen LogP contribution in [-0.4, -0.2) is 29.2 Å². The van der Waals surface area contributed by atoms with Gasteiger partial charge in [0.15, 0.2) is 0 Å². The lowest BCUT2D eigenvalue weighted by molar-refractivity contribution is -0.137. The van der Waals surface area contributed by atoms with Crippen LogP contribution in [0.4, 0.5) is 5.69 Å². The Kier molecular flexibility index (Phi) is 4.02. The van der Waals surface area contributed by atoms with Gasteiger partial charge in [-0.2, -0.15) is 0 Å². The monoisotopic (exact) mass is 382 g/mol. The normalized spacial score (nSPS) is 14.0. The molecular weight excluding hydrogens is 364 g/mol. The molecule has 0 saturated carbocycles. The second-order valence-electron chi connectivity index (χ2n) is 7.28. The van der Waals surface area contributed by atoms with Crippen molar-refractivity contribution in [2.24, 2.45) is 0 Å². The fourth-order valence-electron chi connectivity index (χ4n) is 4.11. The number of rotatable bonds is 5. The van der Waals surface area contributed by atoms with Gasteiger partial charge in [0.25, 0.3) is 11.8 Å². The first-order valence-electron chi connectivity index (χ1n) is 9.62. The summed E-state index contributed by atoms with van der Waals surface area (Å²) in [6, 6.07) is 18.6. The first-order chi connectivity index (χ1) is 14.1. The van der Waals surface area contributed by atoms with Crippen LogP contribution in [0.5, 0.6) is 0 Å². The Labute approximate surface area is 166 Å². The van der Waals surface area contributed by atoms with Crippen molar-refractivity contribution in [3.63, 3.8) is 0 Å². The predicted octanol–water partition coefficient (Wildman–Crippen LogP) is 4.23. The molecule has 0 radical (unpaired) electrons. The molecule has 1 heterocycles. The van der Waals surface area contributed by atoms with Gasteiger partial charge < -0.3 is 5.32 Å². The van der Waals surface area contributed by atoms with Crippen LogP contribution in [-0.2, 0) is 14.4 Å². The third kappa shape index (κ3) is 2.91. The molecule has 0 bridgehead atoms. The van der Waals surface area contributed by atoms with Crippen LogP contribution < -0.4 is 5.32 Å². The molecule has 29 heavy (non-hydrogen) atoms. The van der Waals surface area contributed by atoms with Crippen LogP contribution in [0.25, 0.3) is 32.3 Å². The molecule has 1 aliphatic rings. The van der Waals surface area contributed by atoms with Crippen molar-refractivity contribution in [2.75, 3.05) is 11.9 Å². The summed E-state index contributed by atoms with van der Waals surface area (Å²) in [7, 11) is 0. The molecule has 1 N–H and O–H groups in total. The summed E-state index contributed by atoms with van der Waals surface area (Å²) >= 11 is 0. The molecule has 0 aromatic heterocycles. The summed E-state index contributed by atoms with van der Waals surface area (Å²) < 4.78 is 0. The Bertz CT molecular complexity index is 1290. The van der Waals surface area contributed by atoms with Gasteiger partial charge in [0.2, 0.25) is 5.91 Å². The van der Waals surface area contributed by atoms with Gasteiger partial charge in [0.05, 0.1) is 0 Å². The second-order valence-corrected chi connectivity index (χ2v) is 7.28. The van der Waals surface area contributed by atoms with E-state index in [0.717, 1.165) is 26.7 Å². The number of nitrogens with zero attached hydrogens (tertiary/aromatic N) is 1. The maximum atomic E-state index is 12.5. The highest BCUT2D eigenvalue weighted by atomic mass is 16.2. The molecule has 0 fully saturated rings. The molecule has 142 valence electrons. The molecule has 4 aromatic rings. The molecular formula is C24H18N2O3. The topological polar surface area (TPSA) is 66.5 Å². The van der Waals surface area contributed by atoms with Crippen molar-refractivity contribution in [1.82, 2.24) is 4.90 Å². The van der Waals surface area contributed by atoms with E-state index in [2.05, 4.69) is 41.7 Å². The zero-order chi connectivity index (χ0) is 20.0. The van der Waals surface area contributed by atoms with E-state index in [1.807, 2.05) is 18.2 Å². The van der Waals surface area contributed by atoms with Gasteiger partial charge in [-0.3, -0.25) is 19.3 Å². The molecule has 0 spiro atoms. The highest BCUT2D eigenvalue weighted by Crippen LogP contribution is 2.37. The minimum absolute atomic E-state index is 0.132. The third-order valence-electron chi connectivity index (χ3n) is 5.49. The molecule has 1 aliphatic heterocycles. The van der Waals surface area contributed by atoms with Crippen molar-refractivity contribution in [3.05, 3.63) is 66.7 Å². The van der Waals surface area contributed by atoms with Crippen molar-refractivity contribution < 1.29 is 14.4 Å². The number of imide groups is 1. The summed E-state index contributed by atoms with van der Waals surface area (Å²) in [6.07, 6.45) is 3.18. The summed E-state index contributed by atoms with van der Waals surface area (Å²) in [5.41, 5.74) is 0.774. The summed E-state index contributed by atoms with van der Waals surface area (Å²) in [6.45, 7) is 0.247. The van der Waals surface area contributed by atoms with Gasteiger partial charge in [0, 0.05) is 36.2 Å². The lowest BCUT2D eigenvalue weighted by Gasteiger charge is -2.15. The first kappa shape index (κ1) is 17.4. The zero-order valence-electron chi connectivity index (χ0n) is 15.6. The number of nitrogens with one attached hydrogen (secondary N) is 1. The second kappa shape index (κ2) is 6.71. The molecule has 5 rings (SSSR count). The zero-order valence-corrected chi connectivity index (χ0v) is 15.6. The van der Waals surface area contributed by atoms with E-state index < -0.39 is 0 Å². The Morgan fingerprint density at radius 1 is 0.793 bits per heavy atom. The standard InChI is InChI=1S/C24H18N2O3/c27-20(5-2-14-26-21(28)12-13-22(26)29)25-19-11-9-17-7-6-15-3-1-4-16-8-10-18(19)24(17)23(15)16/h1,3-4,6-13H,2,5,14H2,(H,25,27). The largest absolute Gasteiger partial charge is 0.326 e. The minimum Gasteiger partial charge on any atom is -0.326 e. The molecule has 4 aromatic carbocycles. The Morgan fingerprint density at radius 3 is 2.14 bits per heavy atom. The van der Waals surface area contributed by atoms with Crippen LogP contribution in [0.2, 0.25) is 0 Å². The number of carbonyl (C=O) groups excluding carboxylic acids is 3. The van der Waals surface area contributed by atoms with E-state index in [9.17, 15) is 14.4 Å². The molecule has 0 atom stereocenters. The fraction of sp³-hybridized carbons (Fsp3) is 0.125. The van der Waals surface area contributed by atoms with Crippen LogP contribution >= 0.6 is 0 Å². The summed E-state index contributed by atoms with van der Waals surface area (Å²) in [5.74, 6) is -0.767. The molecule has 3 amide bonds. The number of anilines is 1. The Morgan fingerprint density at radius 2 is 1.41 bits per heavy atom. The molecule has 0 unspecified atom stereocenters. The van der Waals surface area contributed by atoms with Crippen molar-refractivity contribution in [2.45, 2.75) is 12.8 Å². The van der Waals surface area contributed by atoms with E-state index in [4.69, 9.17) is 0 Å². The summed E-state index contributed by atoms with van der Waals surface area (Å²) in [5, 5.41) is 9.86. The highest BCUT2D eigenvalue weighted by Gasteiger charge is 2.22. The molecule has 0 saturated heterocycles. The Hall–Kier alpha value is -3.73. The maximum absolute atomic E-state index is 12.5. The average Bonchev–Trinajstić information content (AvgIpc) is 3.05. The number of hydrogen-bond acceptors (Lipinski definition) is 3. The highest BCUT2D eigenvalue weighted by molar-refractivity contribution is 6.25. The lowest BCUT2D eigenvalue weighted by Crippen LogP contribution is -2.31. The van der Waals surface area contributed by atoms with Crippen LogP contribution in [0, 0.1) is 0 Å². The molecule has 5 nitrogen and oxygen atoms in total. The smallest absolute Gasteiger partial charge is 0.253 e. The van der Waals surface area contributed by atoms with Crippen LogP contribution in [0.1, 0.15) is 12.8 Å². The van der Waals surface area contributed by atoms with Gasteiger partial charge in [-0.15, -0.1) is 0 Å². The molecule has 5 heteroatoms. The third-order valence-corrected chi connectivity index (χ3v) is 5.49. The molecule has 0 aliphatic carbocycles. The van der Waals surface area contributed by atoms with Crippen LogP contribution in [0.3, 0.4) is 0 Å². The van der Waals surface area contributed by atoms with Gasteiger partial charge >= 0.3 is 0 Å². The fourth-order valence-corrected chi connectivity index (χ4v) is 4.11. The SMILES string of the molecule is O=C(CCCN1C(=O)C=CC1=O)Nc1ccc2ccc3cccc4ccc1c2c34. The number of hydrogen-bond donors (Lipinski definition) is 1. The van der Waals surface area contributed by atoms with Crippen molar-refractivity contribution in [1.29, 1.82) is 0 Å². The lowest BCUT2D eigenvalue weighted by atomic mass is 9.93. The predicted molar refractivity (Wildman–Crippen MR) is 114 cm³/mol. The van der Waals surface area contributed by atoms with Gasteiger partial charge in [-0.1, -0.05) is 48.5 Å². The van der Waals surface area contributed by atoms with E-state index in [1.165, 1.54) is 28.3 Å². The van der Waals surface area contributed by atoms with E-state index in [-0.39, 0.29) is 30.7 Å². The van der Waals surface area contributed by atoms with Gasteiger partial charge in [-0.25, -0.2) is 0 Å². The minimum atomic E-state index is -0.317. The Balaban J connectivity index is 1.38.